The largest absolute Gasteiger partial charge is 0.495 e. The van der Waals surface area contributed by atoms with Crippen LogP contribution in [0, 0.1) is 0 Å². The summed E-state index contributed by atoms with van der Waals surface area (Å²) in [7, 11) is 1.59. The number of benzene rings is 2. The first-order chi connectivity index (χ1) is 10.6. The first-order valence-electron chi connectivity index (χ1n) is 6.76. The molecule has 4 nitrogen and oxygen atoms in total. The molecule has 0 fully saturated rings. The lowest BCUT2D eigenvalue weighted by Gasteiger charge is -2.14. The molecule has 0 aliphatic carbocycles. The molecule has 116 valence electrons. The molecule has 0 atom stereocenters. The van der Waals surface area contributed by atoms with Crippen LogP contribution in [0.3, 0.4) is 0 Å². The summed E-state index contributed by atoms with van der Waals surface area (Å²) in [4.78, 5) is 0. The molecule has 0 spiro atoms. The van der Waals surface area contributed by atoms with Crippen LogP contribution in [0.1, 0.15) is 6.92 Å². The van der Waals surface area contributed by atoms with Gasteiger partial charge in [-0.3, -0.25) is 0 Å². The van der Waals surface area contributed by atoms with Gasteiger partial charge in [-0.15, -0.1) is 0 Å². The molecular formula is C16H17ClN2O2S. The number of nitrogens with one attached hydrogen (secondary N) is 2. The molecule has 0 amide bonds. The van der Waals surface area contributed by atoms with Gasteiger partial charge in [-0.25, -0.2) is 0 Å². The van der Waals surface area contributed by atoms with E-state index in [1.165, 1.54) is 0 Å². The monoisotopic (exact) mass is 336 g/mol. The molecule has 2 N–H and O–H groups in total. The third-order valence-electron chi connectivity index (χ3n) is 2.83. The van der Waals surface area contributed by atoms with Crippen LogP contribution in [0.25, 0.3) is 0 Å². The van der Waals surface area contributed by atoms with E-state index in [2.05, 4.69) is 10.6 Å². The highest BCUT2D eigenvalue weighted by Crippen LogP contribution is 2.27. The van der Waals surface area contributed by atoms with Gasteiger partial charge in [0.2, 0.25) is 0 Å². The summed E-state index contributed by atoms with van der Waals surface area (Å²) in [5.74, 6) is 1.49. The van der Waals surface area contributed by atoms with Crippen LogP contribution in [-0.2, 0) is 0 Å². The number of anilines is 2. The van der Waals surface area contributed by atoms with Crippen LogP contribution in [0.5, 0.6) is 11.5 Å². The molecule has 0 radical (unpaired) electrons. The number of thiocarbonyl (C=S) groups is 1. The van der Waals surface area contributed by atoms with E-state index in [9.17, 15) is 0 Å². The first-order valence-corrected chi connectivity index (χ1v) is 7.55. The SMILES string of the molecule is CCOc1ccc(NC(=S)Nc2cc(Cl)ccc2OC)cc1. The summed E-state index contributed by atoms with van der Waals surface area (Å²) in [6, 6.07) is 12.9. The molecule has 0 saturated carbocycles. The Morgan fingerprint density at radius 3 is 2.50 bits per heavy atom. The molecule has 0 bridgehead atoms. The number of hydrogen-bond donors (Lipinski definition) is 2. The molecule has 0 aromatic heterocycles. The predicted molar refractivity (Wildman–Crippen MR) is 95.5 cm³/mol. The van der Waals surface area contributed by atoms with E-state index in [4.69, 9.17) is 33.3 Å². The Morgan fingerprint density at radius 1 is 1.14 bits per heavy atom. The number of rotatable bonds is 5. The third kappa shape index (κ3) is 4.51. The summed E-state index contributed by atoms with van der Waals surface area (Å²) in [6.07, 6.45) is 0. The van der Waals surface area contributed by atoms with Gasteiger partial charge in [0.15, 0.2) is 5.11 Å². The van der Waals surface area contributed by atoms with Crippen molar-refractivity contribution in [2.45, 2.75) is 6.92 Å². The highest BCUT2D eigenvalue weighted by Gasteiger charge is 2.06. The Morgan fingerprint density at radius 2 is 1.86 bits per heavy atom. The minimum atomic E-state index is 0.449. The molecule has 0 saturated heterocycles. The second-order valence-corrected chi connectivity index (χ2v) is 5.23. The first kappa shape index (κ1) is 16.4. The van der Waals surface area contributed by atoms with Crippen molar-refractivity contribution in [2.24, 2.45) is 0 Å². The maximum atomic E-state index is 5.99. The Labute approximate surface area is 140 Å². The predicted octanol–water partition coefficient (Wildman–Crippen LogP) is 4.56. The van der Waals surface area contributed by atoms with Gasteiger partial charge in [-0.1, -0.05) is 11.6 Å². The fourth-order valence-corrected chi connectivity index (χ4v) is 2.26. The Bertz CT molecular complexity index is 647. The summed E-state index contributed by atoms with van der Waals surface area (Å²) < 4.78 is 10.7. The van der Waals surface area contributed by atoms with Gasteiger partial charge in [0.05, 0.1) is 19.4 Å². The maximum absolute atomic E-state index is 5.99. The van der Waals surface area contributed by atoms with E-state index in [1.807, 2.05) is 31.2 Å². The highest BCUT2D eigenvalue weighted by molar-refractivity contribution is 7.80. The van der Waals surface area contributed by atoms with E-state index in [1.54, 1.807) is 25.3 Å². The third-order valence-corrected chi connectivity index (χ3v) is 3.27. The normalized spacial score (nSPS) is 9.95. The molecule has 0 aliphatic rings. The van der Waals surface area contributed by atoms with Crippen molar-refractivity contribution in [3.05, 3.63) is 47.5 Å². The molecule has 6 heteroatoms. The van der Waals surface area contributed by atoms with E-state index in [-0.39, 0.29) is 0 Å². The van der Waals surface area contributed by atoms with Crippen molar-refractivity contribution in [1.29, 1.82) is 0 Å². The molecule has 2 aromatic rings. The molecule has 22 heavy (non-hydrogen) atoms. The van der Waals surface area contributed by atoms with Crippen LogP contribution < -0.4 is 20.1 Å². The lowest BCUT2D eigenvalue weighted by molar-refractivity contribution is 0.340. The van der Waals surface area contributed by atoms with E-state index in [0.717, 1.165) is 11.4 Å². The second-order valence-electron chi connectivity index (χ2n) is 4.38. The molecule has 0 unspecified atom stereocenters. The van der Waals surface area contributed by atoms with Crippen molar-refractivity contribution in [3.63, 3.8) is 0 Å². The number of ether oxygens (including phenoxy) is 2. The van der Waals surface area contributed by atoms with Gasteiger partial charge >= 0.3 is 0 Å². The van der Waals surface area contributed by atoms with Crippen LogP contribution in [0.15, 0.2) is 42.5 Å². The van der Waals surface area contributed by atoms with Crippen LogP contribution in [0.4, 0.5) is 11.4 Å². The zero-order valence-corrected chi connectivity index (χ0v) is 13.9. The van der Waals surface area contributed by atoms with Crippen molar-refractivity contribution < 1.29 is 9.47 Å². The summed E-state index contributed by atoms with van der Waals surface area (Å²) >= 11 is 11.3. The topological polar surface area (TPSA) is 42.5 Å². The smallest absolute Gasteiger partial charge is 0.175 e. The fraction of sp³-hybridized carbons (Fsp3) is 0.188. The van der Waals surface area contributed by atoms with Gasteiger partial charge in [-0.2, -0.15) is 0 Å². The fourth-order valence-electron chi connectivity index (χ4n) is 1.86. The highest BCUT2D eigenvalue weighted by atomic mass is 35.5. The van der Waals surface area contributed by atoms with E-state index in [0.29, 0.717) is 28.2 Å². The lowest BCUT2D eigenvalue weighted by atomic mass is 10.3. The molecule has 2 aromatic carbocycles. The van der Waals surface area contributed by atoms with Crippen molar-refractivity contribution in [2.75, 3.05) is 24.4 Å². The van der Waals surface area contributed by atoms with E-state index >= 15 is 0 Å². The second kappa shape index (κ2) is 7.87. The Balaban J connectivity index is 2.02. The van der Waals surface area contributed by atoms with Gasteiger partial charge in [0.1, 0.15) is 11.5 Å². The molecular weight excluding hydrogens is 320 g/mol. The minimum absolute atomic E-state index is 0.449. The number of hydrogen-bond acceptors (Lipinski definition) is 3. The molecule has 2 rings (SSSR count). The van der Waals surface area contributed by atoms with Gasteiger partial charge in [-0.05, 0) is 61.6 Å². The number of halogens is 1. The maximum Gasteiger partial charge on any atom is 0.175 e. The quantitative estimate of drug-likeness (QED) is 0.784. The Kier molecular flexibility index (Phi) is 5.86. The Hall–Kier alpha value is -1.98. The van der Waals surface area contributed by atoms with Crippen LogP contribution >= 0.6 is 23.8 Å². The average Bonchev–Trinajstić information content (AvgIpc) is 2.50. The van der Waals surface area contributed by atoms with Crippen LogP contribution in [-0.4, -0.2) is 18.8 Å². The summed E-state index contributed by atoms with van der Waals surface area (Å²) in [5, 5.41) is 7.22. The standard InChI is InChI=1S/C16H17ClN2O2S/c1-3-21-13-7-5-12(6-8-13)18-16(22)19-14-10-11(17)4-9-15(14)20-2/h4-10H,3H2,1-2H3,(H2,18,19,22). The van der Waals surface area contributed by atoms with Gasteiger partial charge in [0, 0.05) is 10.7 Å². The summed E-state index contributed by atoms with van der Waals surface area (Å²) in [6.45, 7) is 2.59. The zero-order chi connectivity index (χ0) is 15.9. The summed E-state index contributed by atoms with van der Waals surface area (Å²) in [5.41, 5.74) is 1.57. The zero-order valence-electron chi connectivity index (χ0n) is 12.4. The van der Waals surface area contributed by atoms with Gasteiger partial charge < -0.3 is 20.1 Å². The van der Waals surface area contributed by atoms with Crippen molar-refractivity contribution in [3.8, 4) is 11.5 Å². The average molecular weight is 337 g/mol. The molecule has 0 heterocycles. The van der Waals surface area contributed by atoms with Gasteiger partial charge in [0.25, 0.3) is 0 Å². The molecule has 0 aliphatic heterocycles. The van der Waals surface area contributed by atoms with E-state index < -0.39 is 0 Å². The lowest BCUT2D eigenvalue weighted by Crippen LogP contribution is -2.19. The van der Waals surface area contributed by atoms with Crippen molar-refractivity contribution in [1.82, 2.24) is 0 Å². The minimum Gasteiger partial charge on any atom is -0.495 e. The van der Waals surface area contributed by atoms with Crippen LogP contribution in [0.2, 0.25) is 5.02 Å². The number of methoxy groups -OCH3 is 1. The van der Waals surface area contributed by atoms with Crippen molar-refractivity contribution >= 4 is 40.3 Å².